The molecule has 1 aliphatic rings. The van der Waals surface area contributed by atoms with Gasteiger partial charge in [0, 0.05) is 11.5 Å². The lowest BCUT2D eigenvalue weighted by molar-refractivity contribution is 0.305. The molecule has 0 unspecified atom stereocenters. The van der Waals surface area contributed by atoms with Crippen LogP contribution in [0.3, 0.4) is 0 Å². The molecule has 6 rings (SSSR count). The van der Waals surface area contributed by atoms with Gasteiger partial charge in [0.2, 0.25) is 0 Å². The average Bonchev–Trinajstić information content (AvgIpc) is 2.96. The van der Waals surface area contributed by atoms with Crippen LogP contribution in [0.2, 0.25) is 0 Å². The topological polar surface area (TPSA) is 56.5 Å². The Hall–Kier alpha value is -4.32. The summed E-state index contributed by atoms with van der Waals surface area (Å²) in [7, 11) is 0. The van der Waals surface area contributed by atoms with Crippen LogP contribution in [0.1, 0.15) is 55.0 Å². The number of nitrogens with zero attached hydrogens (tertiary/aromatic N) is 3. The average molecular weight is 506 g/mol. The number of rotatable bonds is 6. The first-order chi connectivity index (χ1) is 18.7. The number of hydrogen-bond acceptors (Lipinski definition) is 4. The summed E-state index contributed by atoms with van der Waals surface area (Å²) in [6, 6.07) is 25.7. The predicted octanol–water partition coefficient (Wildman–Crippen LogP) is 7.20. The van der Waals surface area contributed by atoms with E-state index in [1.165, 1.54) is 23.2 Å². The molecule has 1 fully saturated rings. The molecule has 5 nitrogen and oxygen atoms in total. The lowest BCUT2D eigenvalue weighted by Gasteiger charge is -2.22. The van der Waals surface area contributed by atoms with Gasteiger partial charge >= 0.3 is 0 Å². The Morgan fingerprint density at radius 2 is 1.71 bits per heavy atom. The first-order valence-electron chi connectivity index (χ1n) is 13.1. The first-order valence-corrected chi connectivity index (χ1v) is 13.1. The zero-order valence-electron chi connectivity index (χ0n) is 21.0. The molecular formula is C32H28FN3O2. The van der Waals surface area contributed by atoms with Crippen molar-refractivity contribution in [2.24, 2.45) is 5.10 Å². The number of aromatic nitrogens is 2. The zero-order chi connectivity index (χ0) is 25.9. The summed E-state index contributed by atoms with van der Waals surface area (Å²) in [6.07, 6.45) is 7.15. The molecule has 1 saturated carbocycles. The van der Waals surface area contributed by atoms with E-state index in [0.29, 0.717) is 22.5 Å². The number of para-hydroxylation sites is 1. The number of fused-ring (bicyclic) bond motifs is 2. The van der Waals surface area contributed by atoms with Gasteiger partial charge in [-0.3, -0.25) is 4.79 Å². The summed E-state index contributed by atoms with van der Waals surface area (Å²) in [4.78, 5) is 18.6. The third kappa shape index (κ3) is 4.82. The molecule has 1 aromatic heterocycles. The fourth-order valence-corrected chi connectivity index (χ4v) is 5.32. The van der Waals surface area contributed by atoms with E-state index in [0.717, 1.165) is 47.6 Å². The van der Waals surface area contributed by atoms with Crippen molar-refractivity contribution in [2.45, 2.75) is 44.6 Å². The lowest BCUT2D eigenvalue weighted by atomic mass is 9.88. The Kier molecular flexibility index (Phi) is 6.69. The van der Waals surface area contributed by atoms with Gasteiger partial charge in [-0.1, -0.05) is 73.9 Å². The largest absolute Gasteiger partial charge is 0.488 e. The molecule has 0 amide bonds. The van der Waals surface area contributed by atoms with Crippen molar-refractivity contribution in [3.05, 3.63) is 118 Å². The summed E-state index contributed by atoms with van der Waals surface area (Å²) >= 11 is 0. The van der Waals surface area contributed by atoms with Crippen molar-refractivity contribution in [1.29, 1.82) is 0 Å². The van der Waals surface area contributed by atoms with E-state index in [-0.39, 0.29) is 23.9 Å². The van der Waals surface area contributed by atoms with Gasteiger partial charge in [-0.15, -0.1) is 0 Å². The van der Waals surface area contributed by atoms with E-state index < -0.39 is 0 Å². The standard InChI is InChI=1S/C32H28FN3O2/c33-25-13-8-9-22(19-25)21-38-30-18-17-23-10-4-5-14-26(23)28(30)20-34-36-31(24-11-2-1-3-12-24)35-29-16-7-6-15-27(29)32(36)37/h4-10,13-20,24H,1-3,11-12,21H2. The van der Waals surface area contributed by atoms with Crippen LogP contribution in [0.5, 0.6) is 5.75 Å². The third-order valence-corrected chi connectivity index (χ3v) is 7.27. The SMILES string of the molecule is O=c1c2ccccc2nc(C2CCCCC2)n1N=Cc1c(OCc2cccc(F)c2)ccc2ccccc12. The molecule has 6 heteroatoms. The molecule has 0 atom stereocenters. The summed E-state index contributed by atoms with van der Waals surface area (Å²) in [6.45, 7) is 0.210. The van der Waals surface area contributed by atoms with Crippen molar-refractivity contribution in [3.63, 3.8) is 0 Å². The molecule has 38 heavy (non-hydrogen) atoms. The Morgan fingerprint density at radius 3 is 2.55 bits per heavy atom. The molecule has 0 bridgehead atoms. The minimum absolute atomic E-state index is 0.171. The number of halogens is 1. The van der Waals surface area contributed by atoms with Gasteiger partial charge in [0.25, 0.3) is 5.56 Å². The number of benzene rings is 4. The highest BCUT2D eigenvalue weighted by Crippen LogP contribution is 2.32. The van der Waals surface area contributed by atoms with E-state index in [9.17, 15) is 9.18 Å². The summed E-state index contributed by atoms with van der Waals surface area (Å²) in [5.41, 5.74) is 2.02. The van der Waals surface area contributed by atoms with Crippen LogP contribution in [0.25, 0.3) is 21.7 Å². The highest BCUT2D eigenvalue weighted by Gasteiger charge is 2.22. The molecule has 0 saturated heterocycles. The maximum atomic E-state index is 13.7. The molecule has 0 radical (unpaired) electrons. The minimum Gasteiger partial charge on any atom is -0.488 e. The summed E-state index contributed by atoms with van der Waals surface area (Å²) in [5.74, 6) is 1.21. The fraction of sp³-hybridized carbons (Fsp3) is 0.219. The van der Waals surface area contributed by atoms with Crippen LogP contribution < -0.4 is 10.3 Å². The molecule has 0 N–H and O–H groups in total. The fourth-order valence-electron chi connectivity index (χ4n) is 5.32. The van der Waals surface area contributed by atoms with Crippen molar-refractivity contribution in [2.75, 3.05) is 0 Å². The van der Waals surface area contributed by atoms with Crippen LogP contribution >= 0.6 is 0 Å². The maximum absolute atomic E-state index is 13.7. The second kappa shape index (κ2) is 10.6. The highest BCUT2D eigenvalue weighted by atomic mass is 19.1. The van der Waals surface area contributed by atoms with Crippen molar-refractivity contribution >= 4 is 27.9 Å². The minimum atomic E-state index is -0.301. The van der Waals surface area contributed by atoms with Crippen molar-refractivity contribution < 1.29 is 9.13 Å². The smallest absolute Gasteiger partial charge is 0.282 e. The first kappa shape index (κ1) is 24.0. The van der Waals surface area contributed by atoms with Gasteiger partial charge in [-0.2, -0.15) is 9.78 Å². The molecule has 190 valence electrons. The Morgan fingerprint density at radius 1 is 0.921 bits per heavy atom. The van der Waals surface area contributed by atoms with Crippen LogP contribution in [-0.2, 0) is 6.61 Å². The summed E-state index contributed by atoms with van der Waals surface area (Å²) < 4.78 is 21.4. The maximum Gasteiger partial charge on any atom is 0.282 e. The van der Waals surface area contributed by atoms with Gasteiger partial charge in [0.15, 0.2) is 0 Å². The lowest BCUT2D eigenvalue weighted by Crippen LogP contribution is -2.25. The van der Waals surface area contributed by atoms with Gasteiger partial charge in [-0.05, 0) is 59.5 Å². The number of ether oxygens (including phenoxy) is 1. The molecule has 1 aliphatic carbocycles. The number of hydrogen-bond donors (Lipinski definition) is 0. The van der Waals surface area contributed by atoms with Crippen LogP contribution in [0.15, 0.2) is 94.8 Å². The third-order valence-electron chi connectivity index (χ3n) is 7.27. The second-order valence-electron chi connectivity index (χ2n) is 9.80. The van der Waals surface area contributed by atoms with Gasteiger partial charge in [0.05, 0.1) is 17.1 Å². The quantitative estimate of drug-likeness (QED) is 0.229. The van der Waals surface area contributed by atoms with Gasteiger partial charge in [0.1, 0.15) is 24.0 Å². The predicted molar refractivity (Wildman–Crippen MR) is 150 cm³/mol. The molecule has 4 aromatic carbocycles. The molecule has 0 aliphatic heterocycles. The Labute approximate surface area is 220 Å². The molecule has 5 aromatic rings. The van der Waals surface area contributed by atoms with E-state index in [1.54, 1.807) is 18.3 Å². The highest BCUT2D eigenvalue weighted by molar-refractivity contribution is 6.02. The molecule has 0 spiro atoms. The monoisotopic (exact) mass is 505 g/mol. The summed E-state index contributed by atoms with van der Waals surface area (Å²) in [5, 5.41) is 7.29. The van der Waals surface area contributed by atoms with Gasteiger partial charge in [-0.25, -0.2) is 9.37 Å². The normalized spacial score (nSPS) is 14.4. The van der Waals surface area contributed by atoms with E-state index in [4.69, 9.17) is 14.8 Å². The van der Waals surface area contributed by atoms with Crippen LogP contribution in [0.4, 0.5) is 4.39 Å². The molecule has 1 heterocycles. The Bertz CT molecular complexity index is 1700. The van der Waals surface area contributed by atoms with Gasteiger partial charge < -0.3 is 4.74 Å². The molecular weight excluding hydrogens is 477 g/mol. The van der Waals surface area contributed by atoms with E-state index in [2.05, 4.69) is 0 Å². The van der Waals surface area contributed by atoms with E-state index in [1.807, 2.05) is 60.7 Å². The van der Waals surface area contributed by atoms with E-state index >= 15 is 0 Å². The zero-order valence-corrected chi connectivity index (χ0v) is 21.0. The van der Waals surface area contributed by atoms with Crippen molar-refractivity contribution in [3.8, 4) is 5.75 Å². The van der Waals surface area contributed by atoms with Crippen LogP contribution in [0, 0.1) is 5.82 Å². The second-order valence-corrected chi connectivity index (χ2v) is 9.80. The Balaban J connectivity index is 1.45. The van der Waals surface area contributed by atoms with Crippen LogP contribution in [-0.4, -0.2) is 15.9 Å². The van der Waals surface area contributed by atoms with Crippen molar-refractivity contribution in [1.82, 2.24) is 9.66 Å².